The first-order valence-corrected chi connectivity index (χ1v) is 9.38. The van der Waals surface area contributed by atoms with Gasteiger partial charge >= 0.3 is 5.69 Å². The van der Waals surface area contributed by atoms with Gasteiger partial charge in [0, 0.05) is 18.7 Å². The number of H-pyrrole nitrogens is 1. The molecule has 2 aromatic carbocycles. The van der Waals surface area contributed by atoms with Gasteiger partial charge in [-0.15, -0.1) is 0 Å². The molecule has 0 aliphatic carbocycles. The lowest BCUT2D eigenvalue weighted by Crippen LogP contribution is -2.11. The number of fused-ring (bicyclic) bond motifs is 1. The predicted octanol–water partition coefficient (Wildman–Crippen LogP) is 4.65. The molecule has 146 valence electrons. The van der Waals surface area contributed by atoms with Gasteiger partial charge < -0.3 is 14.8 Å². The van der Waals surface area contributed by atoms with E-state index < -0.39 is 0 Å². The zero-order valence-electron chi connectivity index (χ0n) is 16.7. The van der Waals surface area contributed by atoms with E-state index in [-0.39, 0.29) is 11.4 Å². The minimum Gasteiger partial charge on any atom is -0.508 e. The quantitative estimate of drug-likeness (QED) is 0.485. The summed E-state index contributed by atoms with van der Waals surface area (Å²) in [6.07, 6.45) is 6.83. The fourth-order valence-corrected chi connectivity index (χ4v) is 3.14. The lowest BCUT2D eigenvalue weighted by atomic mass is 10.00. The Balaban J connectivity index is 2.03. The summed E-state index contributed by atoms with van der Waals surface area (Å²) in [6.45, 7) is 6.59. The molecular formula is C23H26N2O3. The number of benzene rings is 2. The van der Waals surface area contributed by atoms with E-state index in [0.29, 0.717) is 12.4 Å². The molecule has 0 saturated carbocycles. The molecule has 0 spiro atoms. The van der Waals surface area contributed by atoms with Crippen LogP contribution in [0.25, 0.3) is 23.2 Å². The van der Waals surface area contributed by atoms with Gasteiger partial charge in [-0.2, -0.15) is 0 Å². The zero-order chi connectivity index (χ0) is 20.3. The van der Waals surface area contributed by atoms with Crippen molar-refractivity contribution in [1.82, 2.24) is 9.55 Å². The largest absolute Gasteiger partial charge is 0.508 e. The van der Waals surface area contributed by atoms with Crippen molar-refractivity contribution in [2.45, 2.75) is 27.2 Å². The average molecular weight is 378 g/mol. The number of hydrogen-bond acceptors (Lipinski definition) is 3. The lowest BCUT2D eigenvalue weighted by molar-refractivity contribution is 0.334. The number of rotatable bonds is 6. The number of imidazole rings is 1. The Hall–Kier alpha value is -3.21. The molecule has 2 N–H and O–H groups in total. The molecule has 1 heterocycles. The standard InChI is InChI=1S/C23H26N2O3/c1-5-28-22-14-18(26)13-17(19(22)10-6-15(2)3)9-7-16-8-11-20-21(12-16)25(4)23(27)24-20/h6-9,11-14,26H,5,10H2,1-4H3,(H,24,27)/b9-7+. The topological polar surface area (TPSA) is 67.2 Å². The van der Waals surface area contributed by atoms with Crippen molar-refractivity contribution in [2.75, 3.05) is 6.61 Å². The van der Waals surface area contributed by atoms with Gasteiger partial charge in [0.25, 0.3) is 0 Å². The summed E-state index contributed by atoms with van der Waals surface area (Å²) in [6, 6.07) is 9.23. The molecule has 0 saturated heterocycles. The number of aromatic hydroxyl groups is 1. The van der Waals surface area contributed by atoms with Crippen LogP contribution < -0.4 is 10.4 Å². The van der Waals surface area contributed by atoms with Gasteiger partial charge in [0.05, 0.1) is 17.6 Å². The summed E-state index contributed by atoms with van der Waals surface area (Å²) >= 11 is 0. The smallest absolute Gasteiger partial charge is 0.326 e. The first-order chi connectivity index (χ1) is 13.4. The maximum atomic E-state index is 11.8. The Morgan fingerprint density at radius 3 is 2.71 bits per heavy atom. The van der Waals surface area contributed by atoms with Crippen molar-refractivity contribution in [3.63, 3.8) is 0 Å². The van der Waals surface area contributed by atoms with E-state index in [4.69, 9.17) is 4.74 Å². The monoisotopic (exact) mass is 378 g/mol. The maximum Gasteiger partial charge on any atom is 0.326 e. The number of allylic oxidation sites excluding steroid dienone is 2. The van der Waals surface area contributed by atoms with E-state index in [1.165, 1.54) is 5.57 Å². The van der Waals surface area contributed by atoms with Crippen LogP contribution in [0.4, 0.5) is 0 Å². The van der Waals surface area contributed by atoms with Crippen LogP contribution in [-0.4, -0.2) is 21.3 Å². The van der Waals surface area contributed by atoms with E-state index in [2.05, 4.69) is 24.9 Å². The molecule has 5 nitrogen and oxygen atoms in total. The number of hydrogen-bond donors (Lipinski definition) is 2. The summed E-state index contributed by atoms with van der Waals surface area (Å²) in [5.74, 6) is 0.871. The molecule has 3 rings (SSSR count). The molecule has 5 heteroatoms. The third-order valence-electron chi connectivity index (χ3n) is 4.63. The van der Waals surface area contributed by atoms with E-state index in [0.717, 1.165) is 34.1 Å². The number of phenolic OH excluding ortho intramolecular Hbond substituents is 1. The summed E-state index contributed by atoms with van der Waals surface area (Å²) < 4.78 is 7.35. The molecule has 0 bridgehead atoms. The lowest BCUT2D eigenvalue weighted by Gasteiger charge is -2.13. The van der Waals surface area contributed by atoms with E-state index in [1.54, 1.807) is 23.7 Å². The van der Waals surface area contributed by atoms with Crippen molar-refractivity contribution in [3.05, 3.63) is 69.2 Å². The third kappa shape index (κ3) is 4.19. The Kier molecular flexibility index (Phi) is 5.73. The third-order valence-corrected chi connectivity index (χ3v) is 4.63. The van der Waals surface area contributed by atoms with Crippen LogP contribution in [0.15, 0.2) is 46.8 Å². The number of nitrogens with zero attached hydrogens (tertiary/aromatic N) is 1. The number of aryl methyl sites for hydroxylation is 1. The van der Waals surface area contributed by atoms with E-state index >= 15 is 0 Å². The van der Waals surface area contributed by atoms with E-state index in [1.807, 2.05) is 37.3 Å². The first kappa shape index (κ1) is 19.5. The van der Waals surface area contributed by atoms with E-state index in [9.17, 15) is 9.90 Å². The summed E-state index contributed by atoms with van der Waals surface area (Å²) in [5.41, 5.74) is 5.67. The Morgan fingerprint density at radius 1 is 1.21 bits per heavy atom. The molecule has 0 atom stereocenters. The highest BCUT2D eigenvalue weighted by atomic mass is 16.5. The van der Waals surface area contributed by atoms with Gasteiger partial charge in [0.15, 0.2) is 0 Å². The van der Waals surface area contributed by atoms with Crippen LogP contribution >= 0.6 is 0 Å². The van der Waals surface area contributed by atoms with Gasteiger partial charge in [0.1, 0.15) is 11.5 Å². The maximum absolute atomic E-state index is 11.8. The Morgan fingerprint density at radius 2 is 2.00 bits per heavy atom. The number of aromatic nitrogens is 2. The van der Waals surface area contributed by atoms with Gasteiger partial charge in [0.2, 0.25) is 0 Å². The molecular weight excluding hydrogens is 352 g/mol. The number of ether oxygens (including phenoxy) is 1. The van der Waals surface area contributed by atoms with Crippen molar-refractivity contribution in [2.24, 2.45) is 7.05 Å². The normalized spacial score (nSPS) is 11.3. The van der Waals surface area contributed by atoms with Crippen molar-refractivity contribution >= 4 is 23.2 Å². The molecule has 3 aromatic rings. The van der Waals surface area contributed by atoms with Gasteiger partial charge in [-0.3, -0.25) is 4.57 Å². The van der Waals surface area contributed by atoms with Crippen LogP contribution in [0, 0.1) is 0 Å². The predicted molar refractivity (Wildman–Crippen MR) is 115 cm³/mol. The second-order valence-electron chi connectivity index (χ2n) is 7.03. The highest BCUT2D eigenvalue weighted by Gasteiger charge is 2.10. The highest BCUT2D eigenvalue weighted by molar-refractivity contribution is 5.81. The molecule has 0 fully saturated rings. The van der Waals surface area contributed by atoms with Crippen molar-refractivity contribution < 1.29 is 9.84 Å². The van der Waals surface area contributed by atoms with Crippen LogP contribution in [0.5, 0.6) is 11.5 Å². The summed E-state index contributed by atoms with van der Waals surface area (Å²) in [5, 5.41) is 10.1. The minimum absolute atomic E-state index is 0.130. The minimum atomic E-state index is -0.130. The number of aromatic amines is 1. The number of nitrogens with one attached hydrogen (secondary N) is 1. The molecule has 0 unspecified atom stereocenters. The second kappa shape index (κ2) is 8.21. The van der Waals surface area contributed by atoms with Crippen LogP contribution in [0.1, 0.15) is 37.5 Å². The van der Waals surface area contributed by atoms with Crippen molar-refractivity contribution in [3.8, 4) is 11.5 Å². The van der Waals surface area contributed by atoms with Gasteiger partial charge in [-0.1, -0.05) is 29.9 Å². The molecule has 0 aliphatic heterocycles. The fraction of sp³-hybridized carbons (Fsp3) is 0.261. The first-order valence-electron chi connectivity index (χ1n) is 9.38. The molecule has 28 heavy (non-hydrogen) atoms. The van der Waals surface area contributed by atoms with Gasteiger partial charge in [-0.25, -0.2) is 4.79 Å². The highest BCUT2D eigenvalue weighted by Crippen LogP contribution is 2.31. The fourth-order valence-electron chi connectivity index (χ4n) is 3.14. The van der Waals surface area contributed by atoms with Gasteiger partial charge in [-0.05, 0) is 56.5 Å². The zero-order valence-corrected chi connectivity index (χ0v) is 16.7. The number of phenols is 1. The summed E-state index contributed by atoms with van der Waals surface area (Å²) in [4.78, 5) is 14.6. The summed E-state index contributed by atoms with van der Waals surface area (Å²) in [7, 11) is 1.75. The molecule has 1 aromatic heterocycles. The Labute approximate surface area is 164 Å². The molecule has 0 amide bonds. The molecule has 0 aliphatic rings. The second-order valence-corrected chi connectivity index (χ2v) is 7.03. The Bertz CT molecular complexity index is 1110. The molecule has 0 radical (unpaired) electrons. The van der Waals surface area contributed by atoms with Crippen LogP contribution in [0.3, 0.4) is 0 Å². The SMILES string of the molecule is CCOc1cc(O)cc(/C=C/c2ccc3[nH]c(=O)n(C)c3c2)c1CC=C(C)C. The van der Waals surface area contributed by atoms with Crippen LogP contribution in [-0.2, 0) is 13.5 Å². The van der Waals surface area contributed by atoms with Crippen LogP contribution in [0.2, 0.25) is 0 Å². The average Bonchev–Trinajstić information content (AvgIpc) is 2.93. The van der Waals surface area contributed by atoms with Crippen molar-refractivity contribution in [1.29, 1.82) is 0 Å².